The van der Waals surface area contributed by atoms with E-state index in [2.05, 4.69) is 9.97 Å². The Labute approximate surface area is 153 Å². The Balaban J connectivity index is 1.75. The minimum Gasteiger partial charge on any atom is -0.332 e. The smallest absolute Gasteiger partial charge is 0.254 e. The number of rotatable bonds is 3. The first-order valence-corrected chi connectivity index (χ1v) is 10.9. The predicted octanol–water partition coefficient (Wildman–Crippen LogP) is 0.722. The molecule has 9 heteroatoms. The van der Waals surface area contributed by atoms with Crippen molar-refractivity contribution >= 4 is 15.9 Å². The molecule has 1 N–H and O–H groups in total. The molecule has 3 rings (SSSR count). The molecule has 0 aromatic carbocycles. The van der Waals surface area contributed by atoms with Crippen LogP contribution in [0, 0.1) is 19.8 Å². The standard InChI is InChI=1S/C17H26N4O4S/c1-11-12(2)18-15(19-16(11)22)14-5-4-8-21(14)17(23)13-6-9-20(10-7-13)26(3,24)25/h13-14H,4-10H2,1-3H3,(H,18,19,22)/t14-/m0/s1. The number of hydrogen-bond donors (Lipinski definition) is 1. The number of likely N-dealkylation sites (tertiary alicyclic amines) is 1. The number of nitrogens with zero attached hydrogens (tertiary/aromatic N) is 3. The van der Waals surface area contributed by atoms with E-state index in [9.17, 15) is 18.0 Å². The van der Waals surface area contributed by atoms with Crippen LogP contribution in [0.4, 0.5) is 0 Å². The molecule has 0 unspecified atom stereocenters. The van der Waals surface area contributed by atoms with Gasteiger partial charge in [0, 0.05) is 36.8 Å². The molecule has 2 aliphatic rings. The van der Waals surface area contributed by atoms with Gasteiger partial charge in [-0.25, -0.2) is 17.7 Å². The zero-order valence-electron chi connectivity index (χ0n) is 15.5. The maximum Gasteiger partial charge on any atom is 0.254 e. The Morgan fingerprint density at radius 2 is 1.81 bits per heavy atom. The number of piperidine rings is 1. The van der Waals surface area contributed by atoms with Crippen LogP contribution in [0.2, 0.25) is 0 Å². The van der Waals surface area contributed by atoms with Crippen LogP contribution in [0.15, 0.2) is 4.79 Å². The zero-order chi connectivity index (χ0) is 19.1. The summed E-state index contributed by atoms with van der Waals surface area (Å²) in [5.41, 5.74) is 1.12. The lowest BCUT2D eigenvalue weighted by molar-refractivity contribution is -0.137. The number of aromatic amines is 1. The van der Waals surface area contributed by atoms with Crippen molar-refractivity contribution < 1.29 is 13.2 Å². The lowest BCUT2D eigenvalue weighted by atomic mass is 9.96. The summed E-state index contributed by atoms with van der Waals surface area (Å²) >= 11 is 0. The number of H-pyrrole nitrogens is 1. The van der Waals surface area contributed by atoms with E-state index in [1.54, 1.807) is 13.8 Å². The van der Waals surface area contributed by atoms with Crippen LogP contribution < -0.4 is 5.56 Å². The molecule has 26 heavy (non-hydrogen) atoms. The highest BCUT2D eigenvalue weighted by molar-refractivity contribution is 7.88. The lowest BCUT2D eigenvalue weighted by Crippen LogP contribution is -2.44. The summed E-state index contributed by atoms with van der Waals surface area (Å²) in [6.45, 7) is 4.94. The molecule has 1 aromatic heterocycles. The molecule has 8 nitrogen and oxygen atoms in total. The number of aromatic nitrogens is 2. The summed E-state index contributed by atoms with van der Waals surface area (Å²) in [7, 11) is -3.20. The lowest BCUT2D eigenvalue weighted by Gasteiger charge is -2.33. The number of carbonyl (C=O) groups is 1. The SMILES string of the molecule is Cc1nc([C@@H]2CCCN2C(=O)C2CCN(S(C)(=O)=O)CC2)[nH]c(=O)c1C. The van der Waals surface area contributed by atoms with Crippen LogP contribution in [0.1, 0.15) is 48.8 Å². The molecule has 0 aliphatic carbocycles. The average Bonchev–Trinajstić information content (AvgIpc) is 3.07. The first kappa shape index (κ1) is 19.0. The molecular weight excluding hydrogens is 356 g/mol. The van der Waals surface area contributed by atoms with Gasteiger partial charge in [0.15, 0.2) is 0 Å². The molecule has 0 saturated carbocycles. The Morgan fingerprint density at radius 1 is 1.15 bits per heavy atom. The highest BCUT2D eigenvalue weighted by Gasteiger charge is 2.37. The van der Waals surface area contributed by atoms with E-state index in [4.69, 9.17) is 0 Å². The fraction of sp³-hybridized carbons (Fsp3) is 0.706. The summed E-state index contributed by atoms with van der Waals surface area (Å²) in [4.78, 5) is 34.2. The average molecular weight is 382 g/mol. The van der Waals surface area contributed by atoms with Gasteiger partial charge < -0.3 is 9.88 Å². The molecule has 3 heterocycles. The van der Waals surface area contributed by atoms with Gasteiger partial charge in [0.1, 0.15) is 5.82 Å². The molecule has 2 aliphatic heterocycles. The van der Waals surface area contributed by atoms with Gasteiger partial charge in [-0.05, 0) is 39.5 Å². The van der Waals surface area contributed by atoms with Gasteiger partial charge in [-0.15, -0.1) is 0 Å². The van der Waals surface area contributed by atoms with Crippen LogP contribution in [-0.4, -0.2) is 59.4 Å². The second-order valence-corrected chi connectivity index (χ2v) is 9.27. The monoisotopic (exact) mass is 382 g/mol. The van der Waals surface area contributed by atoms with Gasteiger partial charge in [0.05, 0.1) is 12.3 Å². The molecule has 1 atom stereocenters. The van der Waals surface area contributed by atoms with Gasteiger partial charge in [-0.2, -0.15) is 0 Å². The van der Waals surface area contributed by atoms with Crippen molar-refractivity contribution in [2.24, 2.45) is 5.92 Å². The Hall–Kier alpha value is -1.74. The molecule has 0 bridgehead atoms. The van der Waals surface area contributed by atoms with Crippen molar-refractivity contribution in [1.29, 1.82) is 0 Å². The van der Waals surface area contributed by atoms with E-state index in [1.165, 1.54) is 10.6 Å². The summed E-state index contributed by atoms with van der Waals surface area (Å²) in [6.07, 6.45) is 3.92. The number of amides is 1. The minimum absolute atomic E-state index is 0.0431. The molecule has 0 spiro atoms. The van der Waals surface area contributed by atoms with Crippen LogP contribution in [0.3, 0.4) is 0 Å². The van der Waals surface area contributed by atoms with Gasteiger partial charge in [0.25, 0.3) is 5.56 Å². The summed E-state index contributed by atoms with van der Waals surface area (Å²) in [5.74, 6) is 0.422. The van der Waals surface area contributed by atoms with E-state index in [0.29, 0.717) is 49.6 Å². The van der Waals surface area contributed by atoms with E-state index in [0.717, 1.165) is 12.8 Å². The van der Waals surface area contributed by atoms with E-state index in [-0.39, 0.29) is 23.4 Å². The van der Waals surface area contributed by atoms with Crippen LogP contribution >= 0.6 is 0 Å². The van der Waals surface area contributed by atoms with Crippen molar-refractivity contribution in [3.63, 3.8) is 0 Å². The predicted molar refractivity (Wildman–Crippen MR) is 97.2 cm³/mol. The van der Waals surface area contributed by atoms with Crippen LogP contribution in [-0.2, 0) is 14.8 Å². The number of sulfonamides is 1. The fourth-order valence-corrected chi connectivity index (χ4v) is 4.68. The van der Waals surface area contributed by atoms with Crippen molar-refractivity contribution in [1.82, 2.24) is 19.2 Å². The molecular formula is C17H26N4O4S. The van der Waals surface area contributed by atoms with Crippen LogP contribution in [0.25, 0.3) is 0 Å². The molecule has 144 valence electrons. The van der Waals surface area contributed by atoms with Gasteiger partial charge in [0.2, 0.25) is 15.9 Å². The van der Waals surface area contributed by atoms with E-state index in [1.807, 2.05) is 4.90 Å². The van der Waals surface area contributed by atoms with E-state index >= 15 is 0 Å². The Morgan fingerprint density at radius 3 is 2.38 bits per heavy atom. The zero-order valence-corrected chi connectivity index (χ0v) is 16.3. The van der Waals surface area contributed by atoms with Crippen molar-refractivity contribution in [2.75, 3.05) is 25.9 Å². The topological polar surface area (TPSA) is 103 Å². The fourth-order valence-electron chi connectivity index (χ4n) is 3.81. The highest BCUT2D eigenvalue weighted by Crippen LogP contribution is 2.33. The van der Waals surface area contributed by atoms with Crippen molar-refractivity contribution in [3.05, 3.63) is 27.4 Å². The Bertz CT molecular complexity index is 856. The number of carbonyl (C=O) groups excluding carboxylic acids is 1. The molecule has 0 radical (unpaired) electrons. The number of nitrogens with one attached hydrogen (secondary N) is 1. The molecule has 2 saturated heterocycles. The normalized spacial score (nSPS) is 22.7. The molecule has 2 fully saturated rings. The first-order chi connectivity index (χ1) is 12.2. The minimum atomic E-state index is -3.20. The van der Waals surface area contributed by atoms with Crippen LogP contribution in [0.5, 0.6) is 0 Å². The molecule has 1 aromatic rings. The quantitative estimate of drug-likeness (QED) is 0.830. The molecule has 1 amide bonds. The maximum atomic E-state index is 13.0. The highest BCUT2D eigenvalue weighted by atomic mass is 32.2. The second kappa shape index (κ2) is 7.11. The Kier molecular flexibility index (Phi) is 5.21. The maximum absolute atomic E-state index is 13.0. The van der Waals surface area contributed by atoms with Gasteiger partial charge in [-0.1, -0.05) is 0 Å². The third kappa shape index (κ3) is 3.68. The largest absolute Gasteiger partial charge is 0.332 e. The van der Waals surface area contributed by atoms with Gasteiger partial charge >= 0.3 is 0 Å². The summed E-state index contributed by atoms with van der Waals surface area (Å²) < 4.78 is 24.7. The van der Waals surface area contributed by atoms with Gasteiger partial charge in [-0.3, -0.25) is 9.59 Å². The number of aryl methyl sites for hydroxylation is 1. The number of hydrogen-bond acceptors (Lipinski definition) is 5. The van der Waals surface area contributed by atoms with Crippen molar-refractivity contribution in [2.45, 2.75) is 45.6 Å². The first-order valence-electron chi connectivity index (χ1n) is 9.01. The summed E-state index contributed by atoms with van der Waals surface area (Å²) in [5, 5.41) is 0. The third-order valence-corrected chi connectivity index (χ3v) is 6.84. The summed E-state index contributed by atoms with van der Waals surface area (Å²) in [6, 6.07) is -0.206. The van der Waals surface area contributed by atoms with E-state index < -0.39 is 10.0 Å². The van der Waals surface area contributed by atoms with Crippen molar-refractivity contribution in [3.8, 4) is 0 Å². The third-order valence-electron chi connectivity index (χ3n) is 5.54. The second-order valence-electron chi connectivity index (χ2n) is 7.29.